The van der Waals surface area contributed by atoms with Gasteiger partial charge in [0.1, 0.15) is 11.4 Å². The van der Waals surface area contributed by atoms with E-state index in [9.17, 15) is 13.6 Å². The lowest BCUT2D eigenvalue weighted by Gasteiger charge is -2.10. The number of esters is 1. The number of carbonyl (C=O) groups is 1. The molecule has 0 unspecified atom stereocenters. The molecule has 0 aliphatic rings. The Labute approximate surface area is 90.2 Å². The monoisotopic (exact) mass is 232 g/mol. The molecule has 0 bridgehead atoms. The molecular formula is C9H10F2N2O3. The van der Waals surface area contributed by atoms with Crippen molar-refractivity contribution in [2.24, 2.45) is 0 Å². The summed E-state index contributed by atoms with van der Waals surface area (Å²) < 4.78 is 34.4. The normalized spacial score (nSPS) is 10.3. The fraction of sp³-hybridized carbons (Fsp3) is 0.333. The molecule has 0 spiro atoms. The van der Waals surface area contributed by atoms with E-state index < -0.39 is 23.5 Å². The summed E-state index contributed by atoms with van der Waals surface area (Å²) in [5.41, 5.74) is 4.40. The standard InChI is InChI=1S/C9H10F2N2O3/c1-15-5-3-4(7(10)11)6(8(12)13-5)9(14)16-2/h3,7H,1-2H3,(H2,12,13). The van der Waals surface area contributed by atoms with Gasteiger partial charge in [0.2, 0.25) is 5.88 Å². The summed E-state index contributed by atoms with van der Waals surface area (Å²) in [6.07, 6.45) is -2.87. The molecule has 1 heterocycles. The van der Waals surface area contributed by atoms with Crippen molar-refractivity contribution < 1.29 is 23.0 Å². The second-order valence-corrected chi connectivity index (χ2v) is 2.81. The number of nitrogen functional groups attached to an aromatic ring is 1. The molecule has 2 N–H and O–H groups in total. The average molecular weight is 232 g/mol. The highest BCUT2D eigenvalue weighted by Gasteiger charge is 2.24. The van der Waals surface area contributed by atoms with Crippen molar-refractivity contribution in [1.82, 2.24) is 4.98 Å². The van der Waals surface area contributed by atoms with E-state index in [0.29, 0.717) is 0 Å². The first-order valence-corrected chi connectivity index (χ1v) is 4.22. The molecule has 88 valence electrons. The van der Waals surface area contributed by atoms with Gasteiger partial charge in [-0.1, -0.05) is 0 Å². The summed E-state index contributed by atoms with van der Waals surface area (Å²) in [6, 6.07) is 0.952. The number of anilines is 1. The summed E-state index contributed by atoms with van der Waals surface area (Å²) in [6.45, 7) is 0. The van der Waals surface area contributed by atoms with Crippen LogP contribution >= 0.6 is 0 Å². The number of carbonyl (C=O) groups excluding carboxylic acids is 1. The van der Waals surface area contributed by atoms with Gasteiger partial charge in [0, 0.05) is 11.6 Å². The summed E-state index contributed by atoms with van der Waals surface area (Å²) in [5, 5.41) is 0. The van der Waals surface area contributed by atoms with Crippen LogP contribution in [0.3, 0.4) is 0 Å². The van der Waals surface area contributed by atoms with Gasteiger partial charge in [-0.15, -0.1) is 0 Å². The Balaban J connectivity index is 3.39. The predicted molar refractivity (Wildman–Crippen MR) is 51.5 cm³/mol. The van der Waals surface area contributed by atoms with Gasteiger partial charge in [-0.3, -0.25) is 0 Å². The van der Waals surface area contributed by atoms with Crippen LogP contribution in [0.1, 0.15) is 22.3 Å². The minimum absolute atomic E-state index is 0.0829. The van der Waals surface area contributed by atoms with Crippen LogP contribution in [0.5, 0.6) is 5.88 Å². The molecule has 0 atom stereocenters. The second kappa shape index (κ2) is 4.73. The molecule has 1 aromatic rings. The smallest absolute Gasteiger partial charge is 0.342 e. The Morgan fingerprint density at radius 2 is 2.12 bits per heavy atom. The van der Waals surface area contributed by atoms with Gasteiger partial charge < -0.3 is 15.2 Å². The van der Waals surface area contributed by atoms with Crippen LogP contribution in [0.15, 0.2) is 6.07 Å². The number of methoxy groups -OCH3 is 2. The first kappa shape index (κ1) is 12.2. The van der Waals surface area contributed by atoms with Gasteiger partial charge in [0.25, 0.3) is 6.43 Å². The first-order valence-electron chi connectivity index (χ1n) is 4.22. The lowest BCUT2D eigenvalue weighted by Crippen LogP contribution is -2.12. The molecule has 7 heteroatoms. The number of aromatic nitrogens is 1. The van der Waals surface area contributed by atoms with Crippen LogP contribution in [0, 0.1) is 0 Å². The number of hydrogen-bond acceptors (Lipinski definition) is 5. The third-order valence-corrected chi connectivity index (χ3v) is 1.89. The molecule has 0 saturated heterocycles. The largest absolute Gasteiger partial charge is 0.481 e. The number of nitrogens with zero attached hydrogens (tertiary/aromatic N) is 1. The summed E-state index contributed by atoms with van der Waals surface area (Å²) in [4.78, 5) is 14.9. The highest BCUT2D eigenvalue weighted by Crippen LogP contribution is 2.29. The van der Waals surface area contributed by atoms with Crippen LogP contribution in [-0.4, -0.2) is 25.2 Å². The SMILES string of the molecule is COC(=O)c1c(C(F)F)cc(OC)nc1N. The van der Waals surface area contributed by atoms with Crippen LogP contribution in [0.4, 0.5) is 14.6 Å². The van der Waals surface area contributed by atoms with E-state index in [4.69, 9.17) is 5.73 Å². The molecule has 0 aliphatic heterocycles. The molecule has 16 heavy (non-hydrogen) atoms. The van der Waals surface area contributed by atoms with E-state index in [2.05, 4.69) is 14.5 Å². The number of halogens is 2. The maximum absolute atomic E-state index is 12.7. The molecule has 1 aromatic heterocycles. The Morgan fingerprint density at radius 1 is 1.50 bits per heavy atom. The number of alkyl halides is 2. The zero-order valence-corrected chi connectivity index (χ0v) is 8.66. The summed E-state index contributed by atoms with van der Waals surface area (Å²) >= 11 is 0. The molecular weight excluding hydrogens is 222 g/mol. The fourth-order valence-electron chi connectivity index (χ4n) is 1.16. The average Bonchev–Trinajstić information content (AvgIpc) is 2.26. The van der Waals surface area contributed by atoms with E-state index in [1.165, 1.54) is 7.11 Å². The highest BCUT2D eigenvalue weighted by atomic mass is 19.3. The van der Waals surface area contributed by atoms with Crippen molar-refractivity contribution in [3.05, 3.63) is 17.2 Å². The van der Waals surface area contributed by atoms with E-state index in [1.54, 1.807) is 0 Å². The quantitative estimate of drug-likeness (QED) is 0.797. The molecule has 1 rings (SSSR count). The molecule has 0 amide bonds. The van der Waals surface area contributed by atoms with Gasteiger partial charge in [0.05, 0.1) is 14.2 Å². The molecule has 0 aliphatic carbocycles. The van der Waals surface area contributed by atoms with Crippen LogP contribution in [0.2, 0.25) is 0 Å². The van der Waals surface area contributed by atoms with E-state index >= 15 is 0 Å². The van der Waals surface area contributed by atoms with Crippen LogP contribution in [0.25, 0.3) is 0 Å². The minimum atomic E-state index is -2.87. The molecule has 5 nitrogen and oxygen atoms in total. The van der Waals surface area contributed by atoms with Gasteiger partial charge in [-0.25, -0.2) is 13.6 Å². The van der Waals surface area contributed by atoms with Crippen molar-refractivity contribution in [2.45, 2.75) is 6.43 Å². The maximum Gasteiger partial charge on any atom is 0.342 e. The highest BCUT2D eigenvalue weighted by molar-refractivity contribution is 5.96. The van der Waals surface area contributed by atoms with Crippen molar-refractivity contribution in [3.8, 4) is 5.88 Å². The summed E-state index contributed by atoms with van der Waals surface area (Å²) in [5.74, 6) is -1.38. The number of ether oxygens (including phenoxy) is 2. The van der Waals surface area contributed by atoms with Gasteiger partial charge in [-0.2, -0.15) is 4.98 Å². The fourth-order valence-corrected chi connectivity index (χ4v) is 1.16. The summed E-state index contributed by atoms with van der Waals surface area (Å²) in [7, 11) is 2.33. The first-order chi connectivity index (χ1) is 7.51. The Morgan fingerprint density at radius 3 is 2.56 bits per heavy atom. The van der Waals surface area contributed by atoms with Crippen molar-refractivity contribution in [2.75, 3.05) is 20.0 Å². The number of pyridine rings is 1. The van der Waals surface area contributed by atoms with E-state index in [0.717, 1.165) is 13.2 Å². The Kier molecular flexibility index (Phi) is 3.60. The van der Waals surface area contributed by atoms with Crippen molar-refractivity contribution in [1.29, 1.82) is 0 Å². The van der Waals surface area contributed by atoms with Crippen LogP contribution < -0.4 is 10.5 Å². The number of nitrogens with two attached hydrogens (primary N) is 1. The van der Waals surface area contributed by atoms with Gasteiger partial charge >= 0.3 is 5.97 Å². The third kappa shape index (κ3) is 2.18. The van der Waals surface area contributed by atoms with E-state index in [-0.39, 0.29) is 11.7 Å². The number of hydrogen-bond donors (Lipinski definition) is 1. The lowest BCUT2D eigenvalue weighted by atomic mass is 10.1. The van der Waals surface area contributed by atoms with Crippen LogP contribution in [-0.2, 0) is 4.74 Å². The van der Waals surface area contributed by atoms with Gasteiger partial charge in [-0.05, 0) is 0 Å². The molecule has 0 radical (unpaired) electrons. The van der Waals surface area contributed by atoms with Crippen molar-refractivity contribution >= 4 is 11.8 Å². The minimum Gasteiger partial charge on any atom is -0.481 e. The Hall–Kier alpha value is -1.92. The zero-order chi connectivity index (χ0) is 12.3. The topological polar surface area (TPSA) is 74.4 Å². The molecule has 0 saturated carbocycles. The van der Waals surface area contributed by atoms with E-state index in [1.807, 2.05) is 0 Å². The van der Waals surface area contributed by atoms with Gasteiger partial charge in [0.15, 0.2) is 0 Å². The maximum atomic E-state index is 12.7. The second-order valence-electron chi connectivity index (χ2n) is 2.81. The predicted octanol–water partition coefficient (Wildman–Crippen LogP) is 1.40. The zero-order valence-electron chi connectivity index (χ0n) is 8.66. The van der Waals surface area contributed by atoms with Crippen molar-refractivity contribution in [3.63, 3.8) is 0 Å². The third-order valence-electron chi connectivity index (χ3n) is 1.89. The Bertz CT molecular complexity index is 410. The number of rotatable bonds is 3. The lowest BCUT2D eigenvalue weighted by molar-refractivity contribution is 0.0590. The molecule has 0 fully saturated rings. The molecule has 0 aromatic carbocycles.